The van der Waals surface area contributed by atoms with Gasteiger partial charge in [-0.3, -0.25) is 0 Å². The molecule has 0 saturated carbocycles. The number of nitrogens with zero attached hydrogens (tertiary/aromatic N) is 1. The van der Waals surface area contributed by atoms with Crippen LogP contribution in [0.25, 0.3) is 0 Å². The molecule has 3 heteroatoms. The Morgan fingerprint density at radius 1 is 1.25 bits per heavy atom. The van der Waals surface area contributed by atoms with E-state index < -0.39 is 0 Å². The van der Waals surface area contributed by atoms with Crippen molar-refractivity contribution in [3.05, 3.63) is 29.6 Å². The van der Waals surface area contributed by atoms with Crippen LogP contribution < -0.4 is 10.2 Å². The molecule has 0 aromatic heterocycles. The second-order valence-electron chi connectivity index (χ2n) is 6.31. The van der Waals surface area contributed by atoms with Crippen LogP contribution in [0.15, 0.2) is 18.2 Å². The highest BCUT2D eigenvalue weighted by Gasteiger charge is 2.23. The zero-order valence-corrected chi connectivity index (χ0v) is 13.0. The smallest absolute Gasteiger partial charge is 0.146 e. The van der Waals surface area contributed by atoms with Crippen LogP contribution in [0.5, 0.6) is 0 Å². The largest absolute Gasteiger partial charge is 0.369 e. The van der Waals surface area contributed by atoms with Crippen LogP contribution in [0.2, 0.25) is 0 Å². The summed E-state index contributed by atoms with van der Waals surface area (Å²) < 4.78 is 14.1. The predicted octanol–water partition coefficient (Wildman–Crippen LogP) is 3.81. The second-order valence-corrected chi connectivity index (χ2v) is 6.31. The summed E-state index contributed by atoms with van der Waals surface area (Å²) in [4.78, 5) is 2.22. The SMILES string of the molecule is CCCNCc1ccc(F)c(N2CC(C)CC(C)C2)c1. The zero-order chi connectivity index (χ0) is 14.5. The predicted molar refractivity (Wildman–Crippen MR) is 83.6 cm³/mol. The third-order valence-corrected chi connectivity index (χ3v) is 3.98. The van der Waals surface area contributed by atoms with Crippen LogP contribution in [0, 0.1) is 17.7 Å². The molecule has 1 aromatic carbocycles. The maximum Gasteiger partial charge on any atom is 0.146 e. The molecule has 2 atom stereocenters. The molecule has 0 bridgehead atoms. The van der Waals surface area contributed by atoms with Crippen molar-refractivity contribution in [2.45, 2.75) is 40.2 Å². The van der Waals surface area contributed by atoms with Crippen molar-refractivity contribution in [3.8, 4) is 0 Å². The first-order valence-electron chi connectivity index (χ1n) is 7.84. The van der Waals surface area contributed by atoms with Crippen molar-refractivity contribution in [2.75, 3.05) is 24.5 Å². The lowest BCUT2D eigenvalue weighted by Gasteiger charge is -2.37. The third kappa shape index (κ3) is 3.95. The summed E-state index contributed by atoms with van der Waals surface area (Å²) in [5.41, 5.74) is 1.94. The monoisotopic (exact) mass is 278 g/mol. The van der Waals surface area contributed by atoms with Gasteiger partial charge in [0.15, 0.2) is 0 Å². The zero-order valence-electron chi connectivity index (χ0n) is 13.0. The van der Waals surface area contributed by atoms with E-state index in [9.17, 15) is 4.39 Å². The summed E-state index contributed by atoms with van der Waals surface area (Å²) in [6, 6.07) is 5.52. The molecular formula is C17H27FN2. The average molecular weight is 278 g/mol. The van der Waals surface area contributed by atoms with Crippen LogP contribution in [0.1, 0.15) is 39.2 Å². The fourth-order valence-corrected chi connectivity index (χ4v) is 3.18. The van der Waals surface area contributed by atoms with Crippen LogP contribution in [-0.2, 0) is 6.54 Å². The number of hydrogen-bond acceptors (Lipinski definition) is 2. The lowest BCUT2D eigenvalue weighted by Crippen LogP contribution is -2.39. The van der Waals surface area contributed by atoms with Gasteiger partial charge in [0.05, 0.1) is 5.69 Å². The number of halogens is 1. The van der Waals surface area contributed by atoms with E-state index in [0.29, 0.717) is 11.8 Å². The molecule has 0 aliphatic carbocycles. The maximum absolute atomic E-state index is 14.1. The minimum atomic E-state index is -0.0921. The van der Waals surface area contributed by atoms with Gasteiger partial charge < -0.3 is 10.2 Å². The summed E-state index contributed by atoms with van der Waals surface area (Å²) >= 11 is 0. The van der Waals surface area contributed by atoms with E-state index in [1.54, 1.807) is 6.07 Å². The van der Waals surface area contributed by atoms with Crippen LogP contribution in [0.4, 0.5) is 10.1 Å². The lowest BCUT2D eigenvalue weighted by molar-refractivity contribution is 0.354. The van der Waals surface area contributed by atoms with E-state index >= 15 is 0 Å². The summed E-state index contributed by atoms with van der Waals surface area (Å²) in [6.45, 7) is 10.4. The summed E-state index contributed by atoms with van der Waals surface area (Å²) in [5, 5.41) is 3.38. The average Bonchev–Trinajstić information content (AvgIpc) is 2.40. The lowest BCUT2D eigenvalue weighted by atomic mass is 9.91. The molecule has 1 fully saturated rings. The van der Waals surface area contributed by atoms with E-state index in [0.717, 1.165) is 38.3 Å². The topological polar surface area (TPSA) is 15.3 Å². The summed E-state index contributed by atoms with van der Waals surface area (Å²) in [5.74, 6) is 1.19. The van der Waals surface area contributed by atoms with Gasteiger partial charge in [-0.05, 0) is 48.9 Å². The number of anilines is 1. The Balaban J connectivity index is 2.11. The summed E-state index contributed by atoms with van der Waals surface area (Å²) in [7, 11) is 0. The van der Waals surface area contributed by atoms with Crippen LogP contribution in [-0.4, -0.2) is 19.6 Å². The number of nitrogens with one attached hydrogen (secondary N) is 1. The van der Waals surface area contributed by atoms with Crippen molar-refractivity contribution in [2.24, 2.45) is 11.8 Å². The molecule has 1 aromatic rings. The molecule has 1 saturated heterocycles. The van der Waals surface area contributed by atoms with Crippen molar-refractivity contribution < 1.29 is 4.39 Å². The molecule has 0 spiro atoms. The Kier molecular flexibility index (Phi) is 5.41. The molecule has 2 unspecified atom stereocenters. The quantitative estimate of drug-likeness (QED) is 0.824. The van der Waals surface area contributed by atoms with Gasteiger partial charge in [0.1, 0.15) is 5.82 Å². The fraction of sp³-hybridized carbons (Fsp3) is 0.647. The van der Waals surface area contributed by atoms with E-state index in [-0.39, 0.29) is 5.82 Å². The summed E-state index contributed by atoms with van der Waals surface area (Å²) in [6.07, 6.45) is 2.37. The highest BCUT2D eigenvalue weighted by Crippen LogP contribution is 2.28. The van der Waals surface area contributed by atoms with Crippen LogP contribution >= 0.6 is 0 Å². The highest BCUT2D eigenvalue weighted by molar-refractivity contribution is 5.50. The first-order valence-corrected chi connectivity index (χ1v) is 7.84. The molecule has 0 radical (unpaired) electrons. The molecular weight excluding hydrogens is 251 g/mol. The minimum Gasteiger partial charge on any atom is -0.369 e. The molecule has 112 valence electrons. The normalized spacial score (nSPS) is 23.1. The van der Waals surface area contributed by atoms with Gasteiger partial charge in [0.25, 0.3) is 0 Å². The fourth-order valence-electron chi connectivity index (χ4n) is 3.18. The molecule has 0 amide bonds. The number of benzene rings is 1. The van der Waals surface area contributed by atoms with Gasteiger partial charge >= 0.3 is 0 Å². The first kappa shape index (κ1) is 15.3. The highest BCUT2D eigenvalue weighted by atomic mass is 19.1. The van der Waals surface area contributed by atoms with E-state index in [4.69, 9.17) is 0 Å². The molecule has 1 heterocycles. The van der Waals surface area contributed by atoms with E-state index in [1.807, 2.05) is 12.1 Å². The Morgan fingerprint density at radius 2 is 1.95 bits per heavy atom. The van der Waals surface area contributed by atoms with Gasteiger partial charge in [0, 0.05) is 19.6 Å². The minimum absolute atomic E-state index is 0.0921. The van der Waals surface area contributed by atoms with Crippen molar-refractivity contribution in [1.29, 1.82) is 0 Å². The van der Waals surface area contributed by atoms with Gasteiger partial charge in [-0.1, -0.05) is 26.8 Å². The maximum atomic E-state index is 14.1. The molecule has 2 rings (SSSR count). The molecule has 20 heavy (non-hydrogen) atoms. The second kappa shape index (κ2) is 7.07. The number of piperidine rings is 1. The Labute approximate surface area is 122 Å². The van der Waals surface area contributed by atoms with Gasteiger partial charge in [-0.2, -0.15) is 0 Å². The molecule has 1 aliphatic rings. The van der Waals surface area contributed by atoms with Gasteiger partial charge in [-0.15, -0.1) is 0 Å². The number of rotatable bonds is 5. The molecule has 1 aliphatic heterocycles. The Morgan fingerprint density at radius 3 is 2.60 bits per heavy atom. The van der Waals surface area contributed by atoms with Crippen molar-refractivity contribution in [1.82, 2.24) is 5.32 Å². The van der Waals surface area contributed by atoms with Gasteiger partial charge in [0.2, 0.25) is 0 Å². The third-order valence-electron chi connectivity index (χ3n) is 3.98. The standard InChI is InChI=1S/C17H27FN2/c1-4-7-19-10-15-5-6-16(18)17(9-15)20-11-13(2)8-14(3)12-20/h5-6,9,13-14,19H,4,7-8,10-12H2,1-3H3. The van der Waals surface area contributed by atoms with E-state index in [2.05, 4.69) is 31.0 Å². The first-order chi connectivity index (χ1) is 9.60. The molecule has 2 nitrogen and oxygen atoms in total. The Bertz CT molecular complexity index is 423. The number of hydrogen-bond donors (Lipinski definition) is 1. The van der Waals surface area contributed by atoms with Crippen molar-refractivity contribution in [3.63, 3.8) is 0 Å². The van der Waals surface area contributed by atoms with Gasteiger partial charge in [-0.25, -0.2) is 4.39 Å². The van der Waals surface area contributed by atoms with Crippen LogP contribution in [0.3, 0.4) is 0 Å². The van der Waals surface area contributed by atoms with Crippen molar-refractivity contribution >= 4 is 5.69 Å². The molecule has 1 N–H and O–H groups in total. The Hall–Kier alpha value is -1.09. The van der Waals surface area contributed by atoms with E-state index in [1.165, 1.54) is 12.0 Å².